The van der Waals surface area contributed by atoms with Gasteiger partial charge in [-0.15, -0.1) is 0 Å². The van der Waals surface area contributed by atoms with E-state index in [1.54, 1.807) is 19.1 Å². The highest BCUT2D eigenvalue weighted by Gasteiger charge is 2.10. The van der Waals surface area contributed by atoms with Crippen LogP contribution in [0.5, 0.6) is 5.75 Å². The molecule has 3 rings (SSSR count). The predicted molar refractivity (Wildman–Crippen MR) is 98.8 cm³/mol. The lowest BCUT2D eigenvalue weighted by Gasteiger charge is -2.03. The molecule has 2 N–H and O–H groups in total. The third-order valence-corrected chi connectivity index (χ3v) is 3.63. The summed E-state index contributed by atoms with van der Waals surface area (Å²) in [5.74, 6) is 0.181. The maximum absolute atomic E-state index is 12.5. The molecule has 3 aromatic rings. The van der Waals surface area contributed by atoms with Crippen molar-refractivity contribution >= 4 is 12.1 Å². The zero-order chi connectivity index (χ0) is 18.4. The van der Waals surface area contributed by atoms with Crippen molar-refractivity contribution in [2.75, 3.05) is 6.61 Å². The lowest BCUT2D eigenvalue weighted by molar-refractivity contribution is -0.123. The lowest BCUT2D eigenvalue weighted by Crippen LogP contribution is -2.25. The fourth-order valence-electron chi connectivity index (χ4n) is 2.34. The normalized spacial score (nSPS) is 10.8. The Hall–Kier alpha value is -3.61. The summed E-state index contributed by atoms with van der Waals surface area (Å²) in [5, 5.41) is 6.83. The predicted octanol–water partition coefficient (Wildman–Crippen LogP) is 2.00. The molecule has 0 saturated heterocycles. The number of hydrazone groups is 1. The van der Waals surface area contributed by atoms with Gasteiger partial charge in [0.1, 0.15) is 5.75 Å². The van der Waals surface area contributed by atoms with E-state index in [0.717, 1.165) is 5.69 Å². The molecule has 0 radical (unpaired) electrons. The first-order valence-electron chi connectivity index (χ1n) is 8.02. The third-order valence-electron chi connectivity index (χ3n) is 3.63. The molecule has 0 bridgehead atoms. The van der Waals surface area contributed by atoms with Crippen LogP contribution >= 0.6 is 0 Å². The van der Waals surface area contributed by atoms with E-state index >= 15 is 0 Å². The second-order valence-electron chi connectivity index (χ2n) is 5.52. The molecule has 2 aromatic carbocycles. The first-order chi connectivity index (χ1) is 12.6. The average molecular weight is 350 g/mol. The first-order valence-corrected chi connectivity index (χ1v) is 8.02. The highest BCUT2D eigenvalue weighted by atomic mass is 16.5. The van der Waals surface area contributed by atoms with E-state index in [0.29, 0.717) is 17.0 Å². The van der Waals surface area contributed by atoms with Gasteiger partial charge < -0.3 is 4.74 Å². The fourth-order valence-corrected chi connectivity index (χ4v) is 2.34. The Balaban J connectivity index is 1.63. The molecule has 0 atom stereocenters. The van der Waals surface area contributed by atoms with Crippen molar-refractivity contribution in [1.29, 1.82) is 0 Å². The summed E-state index contributed by atoms with van der Waals surface area (Å²) in [6, 6.07) is 18.2. The molecule has 0 saturated carbocycles. The molecule has 1 aromatic heterocycles. The molecule has 0 aliphatic rings. The quantitative estimate of drug-likeness (QED) is 0.526. The van der Waals surface area contributed by atoms with Gasteiger partial charge in [0.25, 0.3) is 11.5 Å². The number of ether oxygens (including phenoxy) is 1. The van der Waals surface area contributed by atoms with E-state index in [1.807, 2.05) is 48.5 Å². The number of hydrogen-bond donors (Lipinski definition) is 2. The second-order valence-corrected chi connectivity index (χ2v) is 5.52. The molecule has 132 valence electrons. The number of benzene rings is 2. The zero-order valence-corrected chi connectivity index (χ0v) is 14.2. The van der Waals surface area contributed by atoms with E-state index in [4.69, 9.17) is 4.74 Å². The monoisotopic (exact) mass is 350 g/mol. The van der Waals surface area contributed by atoms with Crippen LogP contribution < -0.4 is 15.7 Å². The Bertz CT molecular complexity index is 959. The molecule has 0 unspecified atom stereocenters. The Morgan fingerprint density at radius 1 is 1.15 bits per heavy atom. The molecular formula is C19H18N4O3. The van der Waals surface area contributed by atoms with Gasteiger partial charge in [0.15, 0.2) is 6.61 Å². The number of aromatic nitrogens is 2. The molecule has 1 heterocycles. The summed E-state index contributed by atoms with van der Waals surface area (Å²) in [5.41, 5.74) is 3.85. The van der Waals surface area contributed by atoms with Crippen LogP contribution in [0.25, 0.3) is 5.69 Å². The van der Waals surface area contributed by atoms with Crippen LogP contribution in [0.3, 0.4) is 0 Å². The minimum absolute atomic E-state index is 0.165. The van der Waals surface area contributed by atoms with Crippen LogP contribution in [0, 0.1) is 6.92 Å². The van der Waals surface area contributed by atoms with E-state index in [9.17, 15) is 9.59 Å². The number of rotatable bonds is 6. The van der Waals surface area contributed by atoms with Gasteiger partial charge in [0.05, 0.1) is 17.5 Å². The number of carbonyl (C=O) groups excluding carboxylic acids is 1. The van der Waals surface area contributed by atoms with Crippen molar-refractivity contribution in [2.24, 2.45) is 5.10 Å². The van der Waals surface area contributed by atoms with Crippen LogP contribution in [-0.4, -0.2) is 28.5 Å². The van der Waals surface area contributed by atoms with Crippen LogP contribution in [-0.2, 0) is 4.79 Å². The Labute approximate surface area is 149 Å². The maximum atomic E-state index is 12.5. The Morgan fingerprint density at radius 2 is 1.81 bits per heavy atom. The first kappa shape index (κ1) is 17.2. The van der Waals surface area contributed by atoms with Gasteiger partial charge in [-0.1, -0.05) is 36.4 Å². The van der Waals surface area contributed by atoms with Crippen LogP contribution in [0.1, 0.15) is 11.3 Å². The average Bonchev–Trinajstić information content (AvgIpc) is 2.96. The molecule has 0 aliphatic carbocycles. The number of nitrogens with one attached hydrogen (secondary N) is 2. The number of aromatic amines is 1. The topological polar surface area (TPSA) is 88.5 Å². The summed E-state index contributed by atoms with van der Waals surface area (Å²) in [6.45, 7) is 1.60. The zero-order valence-electron chi connectivity index (χ0n) is 14.2. The Morgan fingerprint density at radius 3 is 2.50 bits per heavy atom. The molecular weight excluding hydrogens is 332 g/mol. The number of H-pyrrole nitrogens is 1. The van der Waals surface area contributed by atoms with Crippen molar-refractivity contribution < 1.29 is 9.53 Å². The molecule has 0 aliphatic heterocycles. The number of carbonyl (C=O) groups is 1. The molecule has 7 nitrogen and oxygen atoms in total. The van der Waals surface area contributed by atoms with Crippen molar-refractivity contribution in [3.8, 4) is 11.4 Å². The number of amides is 1. The van der Waals surface area contributed by atoms with Gasteiger partial charge in [-0.3, -0.25) is 14.7 Å². The fraction of sp³-hybridized carbons (Fsp3) is 0.105. The van der Waals surface area contributed by atoms with Crippen LogP contribution in [0.4, 0.5) is 0 Å². The van der Waals surface area contributed by atoms with Gasteiger partial charge in [0, 0.05) is 5.69 Å². The number of hydrogen-bond acceptors (Lipinski definition) is 4. The Kier molecular flexibility index (Phi) is 5.28. The van der Waals surface area contributed by atoms with Gasteiger partial charge in [-0.2, -0.15) is 5.10 Å². The molecule has 1 amide bonds. The highest BCUT2D eigenvalue weighted by Crippen LogP contribution is 2.07. The second kappa shape index (κ2) is 7.98. The van der Waals surface area contributed by atoms with Gasteiger partial charge in [0.2, 0.25) is 0 Å². The summed E-state index contributed by atoms with van der Waals surface area (Å²) >= 11 is 0. The minimum atomic E-state index is -0.415. The van der Waals surface area contributed by atoms with Gasteiger partial charge in [-0.05, 0) is 31.2 Å². The van der Waals surface area contributed by atoms with Crippen LogP contribution in [0.15, 0.2) is 70.6 Å². The molecule has 7 heteroatoms. The summed E-state index contributed by atoms with van der Waals surface area (Å²) in [4.78, 5) is 24.2. The highest BCUT2D eigenvalue weighted by molar-refractivity contribution is 5.83. The minimum Gasteiger partial charge on any atom is -0.484 e. The van der Waals surface area contributed by atoms with Gasteiger partial charge >= 0.3 is 0 Å². The number of aryl methyl sites for hydroxylation is 1. The smallest absolute Gasteiger partial charge is 0.280 e. The van der Waals surface area contributed by atoms with Crippen molar-refractivity contribution in [3.63, 3.8) is 0 Å². The molecule has 0 fully saturated rings. The lowest BCUT2D eigenvalue weighted by atomic mass is 10.3. The summed E-state index contributed by atoms with van der Waals surface area (Å²) in [7, 11) is 0. The van der Waals surface area contributed by atoms with E-state index in [1.165, 1.54) is 10.9 Å². The van der Waals surface area contributed by atoms with Gasteiger partial charge in [-0.25, -0.2) is 10.1 Å². The molecule has 26 heavy (non-hydrogen) atoms. The van der Waals surface area contributed by atoms with E-state index < -0.39 is 5.91 Å². The van der Waals surface area contributed by atoms with Crippen molar-refractivity contribution in [2.45, 2.75) is 6.92 Å². The van der Waals surface area contributed by atoms with Crippen LogP contribution in [0.2, 0.25) is 0 Å². The van der Waals surface area contributed by atoms with E-state index in [-0.39, 0.29) is 12.2 Å². The SMILES string of the molecule is Cc1[nH]n(-c2ccccc2)c(=O)c1/C=N/NC(=O)COc1ccccc1. The maximum Gasteiger partial charge on any atom is 0.280 e. The largest absolute Gasteiger partial charge is 0.484 e. The van der Waals surface area contributed by atoms with Crippen molar-refractivity contribution in [3.05, 3.63) is 82.3 Å². The summed E-state index contributed by atoms with van der Waals surface area (Å²) < 4.78 is 6.75. The molecule has 0 spiro atoms. The number of nitrogens with zero attached hydrogens (tertiary/aromatic N) is 2. The number of para-hydroxylation sites is 2. The third kappa shape index (κ3) is 4.07. The standard InChI is InChI=1S/C19H18N4O3/c1-14-17(19(25)23(22-14)15-8-4-2-5-9-15)12-20-21-18(24)13-26-16-10-6-3-7-11-16/h2-12,22H,13H2,1H3,(H,21,24)/b20-12+. The van der Waals surface area contributed by atoms with Crippen molar-refractivity contribution in [1.82, 2.24) is 15.2 Å². The summed E-state index contributed by atoms with van der Waals surface area (Å²) in [6.07, 6.45) is 1.33. The van der Waals surface area contributed by atoms with E-state index in [2.05, 4.69) is 15.6 Å².